The third kappa shape index (κ3) is 2.97. The predicted molar refractivity (Wildman–Crippen MR) is 73.1 cm³/mol. The normalized spacial score (nSPS) is 20.4. The van der Waals surface area contributed by atoms with E-state index >= 15 is 0 Å². The lowest BCUT2D eigenvalue weighted by atomic mass is 10.1. The van der Waals surface area contributed by atoms with Crippen molar-refractivity contribution in [1.29, 1.82) is 0 Å². The molecule has 1 aliphatic heterocycles. The zero-order chi connectivity index (χ0) is 14.1. The highest BCUT2D eigenvalue weighted by atomic mass is 32.2. The predicted octanol–water partition coefficient (Wildman–Crippen LogP) is 0.945. The van der Waals surface area contributed by atoms with E-state index in [1.165, 1.54) is 4.31 Å². The summed E-state index contributed by atoms with van der Waals surface area (Å²) in [5.74, 6) is 0. The molecule has 19 heavy (non-hydrogen) atoms. The van der Waals surface area contributed by atoms with Crippen LogP contribution < -0.4 is 5.73 Å². The molecule has 0 radical (unpaired) electrons. The fourth-order valence-electron chi connectivity index (χ4n) is 2.24. The zero-order valence-corrected chi connectivity index (χ0v) is 12.1. The van der Waals surface area contributed by atoms with Crippen molar-refractivity contribution in [2.24, 2.45) is 5.73 Å². The number of benzene rings is 1. The molecule has 0 amide bonds. The van der Waals surface area contributed by atoms with E-state index in [1.807, 2.05) is 13.8 Å². The Labute approximate surface area is 114 Å². The first-order chi connectivity index (χ1) is 8.87. The van der Waals surface area contributed by atoms with Crippen molar-refractivity contribution in [1.82, 2.24) is 4.31 Å². The van der Waals surface area contributed by atoms with Crippen molar-refractivity contribution in [2.45, 2.75) is 30.9 Å². The van der Waals surface area contributed by atoms with Gasteiger partial charge in [0.05, 0.1) is 17.1 Å². The number of nitrogens with two attached hydrogens (primary N) is 1. The molecule has 1 fully saturated rings. The van der Waals surface area contributed by atoms with Crippen LogP contribution in [0.3, 0.4) is 0 Å². The molecule has 0 atom stereocenters. The molecule has 5 nitrogen and oxygen atoms in total. The van der Waals surface area contributed by atoms with E-state index in [0.717, 1.165) is 0 Å². The fraction of sp³-hybridized carbons (Fsp3) is 0.538. The first-order valence-corrected chi connectivity index (χ1v) is 7.73. The van der Waals surface area contributed by atoms with Gasteiger partial charge in [0.1, 0.15) is 0 Å². The summed E-state index contributed by atoms with van der Waals surface area (Å²) in [5.41, 5.74) is 5.81. The Morgan fingerprint density at radius 1 is 1.37 bits per heavy atom. The first-order valence-electron chi connectivity index (χ1n) is 6.29. The van der Waals surface area contributed by atoms with E-state index in [-0.39, 0.29) is 6.54 Å². The molecule has 0 aromatic heterocycles. The van der Waals surface area contributed by atoms with Crippen LogP contribution in [0, 0.1) is 0 Å². The molecule has 1 aromatic carbocycles. The third-order valence-electron chi connectivity index (χ3n) is 3.20. The average molecular weight is 284 g/mol. The number of rotatable bonds is 3. The molecule has 0 spiro atoms. The molecule has 0 bridgehead atoms. The fourth-order valence-corrected chi connectivity index (χ4v) is 4.05. The minimum Gasteiger partial charge on any atom is -0.373 e. The van der Waals surface area contributed by atoms with Gasteiger partial charge in [-0.15, -0.1) is 0 Å². The van der Waals surface area contributed by atoms with Crippen molar-refractivity contribution in [3.63, 3.8) is 0 Å². The number of sulfonamides is 1. The Morgan fingerprint density at radius 3 is 2.68 bits per heavy atom. The van der Waals surface area contributed by atoms with E-state index in [0.29, 0.717) is 30.2 Å². The molecule has 0 aliphatic carbocycles. The molecular weight excluding hydrogens is 264 g/mol. The lowest BCUT2D eigenvalue weighted by Crippen LogP contribution is -2.50. The largest absolute Gasteiger partial charge is 0.373 e. The van der Waals surface area contributed by atoms with Gasteiger partial charge >= 0.3 is 0 Å². The molecule has 1 aromatic rings. The molecule has 1 heterocycles. The maximum absolute atomic E-state index is 12.7. The van der Waals surface area contributed by atoms with Crippen molar-refractivity contribution >= 4 is 10.0 Å². The van der Waals surface area contributed by atoms with Crippen LogP contribution in [-0.2, 0) is 21.3 Å². The molecular formula is C13H20N2O3S. The van der Waals surface area contributed by atoms with Gasteiger partial charge in [-0.1, -0.05) is 18.2 Å². The molecule has 2 rings (SSSR count). The number of hydrogen-bond acceptors (Lipinski definition) is 4. The zero-order valence-electron chi connectivity index (χ0n) is 11.3. The summed E-state index contributed by atoms with van der Waals surface area (Å²) in [4.78, 5) is 0.301. The summed E-state index contributed by atoms with van der Waals surface area (Å²) in [5, 5.41) is 0. The smallest absolute Gasteiger partial charge is 0.243 e. The molecule has 0 saturated carbocycles. The van der Waals surface area contributed by atoms with Crippen molar-refractivity contribution in [3.05, 3.63) is 29.8 Å². The van der Waals surface area contributed by atoms with Crippen molar-refractivity contribution in [3.8, 4) is 0 Å². The minimum absolute atomic E-state index is 0.211. The molecule has 0 unspecified atom stereocenters. The summed E-state index contributed by atoms with van der Waals surface area (Å²) in [7, 11) is -3.50. The van der Waals surface area contributed by atoms with Crippen LogP contribution in [-0.4, -0.2) is 38.0 Å². The third-order valence-corrected chi connectivity index (χ3v) is 5.15. The topological polar surface area (TPSA) is 72.6 Å². The highest BCUT2D eigenvalue weighted by Gasteiger charge is 2.35. The summed E-state index contributed by atoms with van der Waals surface area (Å²) in [6, 6.07) is 6.88. The standard InChI is InChI=1S/C13H20N2O3S/c1-13(2)10-15(7-8-18-13)19(16,17)12-6-4-3-5-11(12)9-14/h3-6H,7-10,14H2,1-2H3. The van der Waals surface area contributed by atoms with Crippen LogP contribution in [0.2, 0.25) is 0 Å². The van der Waals surface area contributed by atoms with Crippen molar-refractivity contribution in [2.75, 3.05) is 19.7 Å². The van der Waals surface area contributed by atoms with Gasteiger partial charge in [0.2, 0.25) is 10.0 Å². The first kappa shape index (κ1) is 14.5. The highest BCUT2D eigenvalue weighted by molar-refractivity contribution is 7.89. The summed E-state index contributed by atoms with van der Waals surface area (Å²) in [6.45, 7) is 5.14. The number of hydrogen-bond donors (Lipinski definition) is 1. The Balaban J connectivity index is 2.37. The SMILES string of the molecule is CC1(C)CN(S(=O)(=O)c2ccccc2CN)CCO1. The summed E-state index contributed by atoms with van der Waals surface area (Å²) in [6.07, 6.45) is 0. The molecule has 1 saturated heterocycles. The molecule has 106 valence electrons. The van der Waals surface area contributed by atoms with Crippen LogP contribution in [0.5, 0.6) is 0 Å². The van der Waals surface area contributed by atoms with Crippen molar-refractivity contribution < 1.29 is 13.2 Å². The monoisotopic (exact) mass is 284 g/mol. The van der Waals surface area contributed by atoms with E-state index in [9.17, 15) is 8.42 Å². The quantitative estimate of drug-likeness (QED) is 0.896. The summed E-state index contributed by atoms with van der Waals surface area (Å²) < 4.78 is 32.4. The Morgan fingerprint density at radius 2 is 2.05 bits per heavy atom. The molecule has 1 aliphatic rings. The second-order valence-electron chi connectivity index (χ2n) is 5.26. The van der Waals surface area contributed by atoms with Crippen LogP contribution in [0.1, 0.15) is 19.4 Å². The van der Waals surface area contributed by atoms with Crippen LogP contribution in [0.4, 0.5) is 0 Å². The van der Waals surface area contributed by atoms with E-state index < -0.39 is 15.6 Å². The van der Waals surface area contributed by atoms with Gasteiger partial charge in [0.25, 0.3) is 0 Å². The maximum atomic E-state index is 12.7. The van der Waals surface area contributed by atoms with Crippen LogP contribution >= 0.6 is 0 Å². The van der Waals surface area contributed by atoms with Gasteiger partial charge in [0.15, 0.2) is 0 Å². The molecule has 6 heteroatoms. The van der Waals surface area contributed by atoms with Gasteiger partial charge < -0.3 is 10.5 Å². The second-order valence-corrected chi connectivity index (χ2v) is 7.16. The minimum atomic E-state index is -3.50. The van der Waals surface area contributed by atoms with Gasteiger partial charge in [-0.3, -0.25) is 0 Å². The highest BCUT2D eigenvalue weighted by Crippen LogP contribution is 2.25. The Hall–Kier alpha value is -0.950. The summed E-state index contributed by atoms with van der Waals surface area (Å²) >= 11 is 0. The lowest BCUT2D eigenvalue weighted by Gasteiger charge is -2.37. The number of ether oxygens (including phenoxy) is 1. The van der Waals surface area contributed by atoms with Gasteiger partial charge in [-0.25, -0.2) is 8.42 Å². The average Bonchev–Trinajstić information content (AvgIpc) is 2.37. The van der Waals surface area contributed by atoms with Crippen LogP contribution in [0.25, 0.3) is 0 Å². The van der Waals surface area contributed by atoms with E-state index in [4.69, 9.17) is 10.5 Å². The lowest BCUT2D eigenvalue weighted by molar-refractivity contribution is -0.0640. The van der Waals surface area contributed by atoms with E-state index in [2.05, 4.69) is 0 Å². The van der Waals surface area contributed by atoms with Gasteiger partial charge in [-0.2, -0.15) is 4.31 Å². The van der Waals surface area contributed by atoms with E-state index in [1.54, 1.807) is 24.3 Å². The van der Waals surface area contributed by atoms with Gasteiger partial charge in [0, 0.05) is 19.6 Å². The Bertz CT molecular complexity index is 555. The van der Waals surface area contributed by atoms with Crippen LogP contribution in [0.15, 0.2) is 29.2 Å². The van der Waals surface area contributed by atoms with Gasteiger partial charge in [-0.05, 0) is 25.5 Å². The number of nitrogens with zero attached hydrogens (tertiary/aromatic N) is 1. The molecule has 2 N–H and O–H groups in total. The number of morpholine rings is 1. The Kier molecular flexibility index (Phi) is 3.96. The maximum Gasteiger partial charge on any atom is 0.243 e. The second kappa shape index (κ2) is 5.20.